The zero-order valence-corrected chi connectivity index (χ0v) is 20.0. The predicted octanol–water partition coefficient (Wildman–Crippen LogP) is -1.18. The van der Waals surface area contributed by atoms with Crippen LogP contribution in [0.4, 0.5) is 0 Å². The molecule has 5 atom stereocenters. The lowest BCUT2D eigenvalue weighted by Crippen LogP contribution is -2.58. The summed E-state index contributed by atoms with van der Waals surface area (Å²) in [4.78, 5) is 60.2. The van der Waals surface area contributed by atoms with Crippen LogP contribution in [0.2, 0.25) is 0 Å². The van der Waals surface area contributed by atoms with E-state index in [4.69, 9.17) is 16.6 Å². The van der Waals surface area contributed by atoms with Crippen molar-refractivity contribution in [2.75, 3.05) is 12.3 Å². The Morgan fingerprint density at radius 3 is 2.00 bits per heavy atom. The second-order valence-electron chi connectivity index (χ2n) is 7.84. The maximum atomic E-state index is 13.0. The van der Waals surface area contributed by atoms with Crippen LogP contribution in [0.1, 0.15) is 52.4 Å². The van der Waals surface area contributed by atoms with Crippen LogP contribution in [0.3, 0.4) is 0 Å². The molecule has 33 heavy (non-hydrogen) atoms. The van der Waals surface area contributed by atoms with Gasteiger partial charge in [-0.2, -0.15) is 12.6 Å². The maximum absolute atomic E-state index is 13.0. The highest BCUT2D eigenvalue weighted by Gasteiger charge is 2.32. The third-order valence-corrected chi connectivity index (χ3v) is 5.56. The van der Waals surface area contributed by atoms with Gasteiger partial charge in [0.05, 0.1) is 6.04 Å². The van der Waals surface area contributed by atoms with Gasteiger partial charge in [0, 0.05) is 12.2 Å². The number of nitrogens with two attached hydrogens (primary N) is 2. The first kappa shape index (κ1) is 30.6. The summed E-state index contributed by atoms with van der Waals surface area (Å²) >= 11 is 3.98. The molecule has 0 spiro atoms. The maximum Gasteiger partial charge on any atom is 0.326 e. The smallest absolute Gasteiger partial charge is 0.326 e. The second kappa shape index (κ2) is 16.3. The third-order valence-electron chi connectivity index (χ3n) is 5.17. The van der Waals surface area contributed by atoms with Gasteiger partial charge in [0.1, 0.15) is 18.1 Å². The van der Waals surface area contributed by atoms with Crippen molar-refractivity contribution in [3.8, 4) is 0 Å². The molecule has 3 amide bonds. The van der Waals surface area contributed by atoms with E-state index in [-0.39, 0.29) is 24.5 Å². The van der Waals surface area contributed by atoms with Crippen LogP contribution in [-0.2, 0) is 24.0 Å². The fourth-order valence-corrected chi connectivity index (χ4v) is 3.03. The SMILES string of the molecule is CCC(C)C(NC(=O)C(N)CS)C(=O)NC(CCCCN)C(=O)NC(CCC(=O)O)C(=O)O. The first-order valence-electron chi connectivity index (χ1n) is 10.9. The minimum Gasteiger partial charge on any atom is -0.481 e. The van der Waals surface area contributed by atoms with Crippen LogP contribution in [0.15, 0.2) is 0 Å². The molecule has 0 radical (unpaired) electrons. The molecule has 0 aromatic heterocycles. The zero-order chi connectivity index (χ0) is 25.6. The Labute approximate surface area is 199 Å². The second-order valence-corrected chi connectivity index (χ2v) is 8.20. The van der Waals surface area contributed by atoms with Crippen LogP contribution in [0.5, 0.6) is 0 Å². The quantitative estimate of drug-likeness (QED) is 0.0906. The molecule has 0 fully saturated rings. The van der Waals surface area contributed by atoms with Crippen molar-refractivity contribution in [3.05, 3.63) is 0 Å². The summed E-state index contributed by atoms with van der Waals surface area (Å²) in [5.74, 6) is -4.73. The highest BCUT2D eigenvalue weighted by molar-refractivity contribution is 7.80. The Kier molecular flexibility index (Phi) is 15.1. The van der Waals surface area contributed by atoms with Gasteiger partial charge < -0.3 is 37.6 Å². The molecule has 0 aliphatic rings. The van der Waals surface area contributed by atoms with Gasteiger partial charge in [-0.3, -0.25) is 19.2 Å². The van der Waals surface area contributed by atoms with Crippen LogP contribution >= 0.6 is 12.6 Å². The molecule has 5 unspecified atom stereocenters. The molecule has 9 N–H and O–H groups in total. The number of nitrogens with one attached hydrogen (secondary N) is 3. The molecule has 0 aliphatic carbocycles. The van der Waals surface area contributed by atoms with Crippen LogP contribution in [-0.4, -0.2) is 76.3 Å². The number of carbonyl (C=O) groups is 5. The minimum atomic E-state index is -1.43. The Bertz CT molecular complexity index is 679. The molecule has 0 saturated carbocycles. The van der Waals surface area contributed by atoms with Crippen molar-refractivity contribution in [2.45, 2.75) is 76.5 Å². The number of unbranched alkanes of at least 4 members (excludes halogenated alkanes) is 1. The van der Waals surface area contributed by atoms with Crippen molar-refractivity contribution in [3.63, 3.8) is 0 Å². The fourth-order valence-electron chi connectivity index (χ4n) is 2.87. The summed E-state index contributed by atoms with van der Waals surface area (Å²) in [5, 5.41) is 25.6. The molecule has 12 nitrogen and oxygen atoms in total. The van der Waals surface area contributed by atoms with Gasteiger partial charge in [0.15, 0.2) is 0 Å². The number of carboxylic acid groups (broad SMARTS) is 2. The summed E-state index contributed by atoms with van der Waals surface area (Å²) in [6.07, 6.45) is 1.02. The topological polar surface area (TPSA) is 214 Å². The highest BCUT2D eigenvalue weighted by atomic mass is 32.1. The van der Waals surface area contributed by atoms with Gasteiger partial charge in [0.2, 0.25) is 17.7 Å². The normalized spacial score (nSPS) is 15.4. The number of thiol groups is 1. The van der Waals surface area contributed by atoms with E-state index in [1.54, 1.807) is 6.92 Å². The molecule has 0 bridgehead atoms. The van der Waals surface area contributed by atoms with Gasteiger partial charge >= 0.3 is 11.9 Å². The number of amides is 3. The van der Waals surface area contributed by atoms with Crippen LogP contribution < -0.4 is 27.4 Å². The van der Waals surface area contributed by atoms with Gasteiger partial charge in [-0.05, 0) is 38.1 Å². The number of rotatable bonds is 17. The summed E-state index contributed by atoms with van der Waals surface area (Å²) in [6, 6.07) is -4.42. The van der Waals surface area contributed by atoms with Crippen molar-refractivity contribution in [2.24, 2.45) is 17.4 Å². The van der Waals surface area contributed by atoms with Gasteiger partial charge in [-0.25, -0.2) is 4.79 Å². The molecular formula is C20H37N5O7S. The van der Waals surface area contributed by atoms with E-state index < -0.39 is 60.2 Å². The Hall–Kier alpha value is -2.38. The first-order chi connectivity index (χ1) is 15.5. The molecular weight excluding hydrogens is 454 g/mol. The lowest BCUT2D eigenvalue weighted by Gasteiger charge is -2.28. The Morgan fingerprint density at radius 1 is 0.909 bits per heavy atom. The van der Waals surface area contributed by atoms with Crippen molar-refractivity contribution < 1.29 is 34.2 Å². The van der Waals surface area contributed by atoms with E-state index in [9.17, 15) is 29.1 Å². The Balaban J connectivity index is 5.52. The number of carboxylic acids is 2. The predicted molar refractivity (Wildman–Crippen MR) is 124 cm³/mol. The standard InChI is InChI=1S/C20H37N5O7S/c1-3-11(2)16(25-17(28)12(22)10-33)19(30)23-13(6-4-5-9-21)18(29)24-14(20(31)32)7-8-15(26)27/h11-14,16,33H,3-10,21-22H2,1-2H3,(H,23,30)(H,24,29)(H,25,28)(H,26,27)(H,31,32). The van der Waals surface area contributed by atoms with Crippen LogP contribution in [0.25, 0.3) is 0 Å². The molecule has 13 heteroatoms. The lowest BCUT2D eigenvalue weighted by atomic mass is 9.97. The number of aliphatic carboxylic acids is 2. The molecule has 190 valence electrons. The lowest BCUT2D eigenvalue weighted by molar-refractivity contribution is -0.143. The summed E-state index contributed by atoms with van der Waals surface area (Å²) in [6.45, 7) is 3.96. The minimum absolute atomic E-state index is 0.0811. The average Bonchev–Trinajstić information content (AvgIpc) is 2.77. The molecule has 0 saturated heterocycles. The number of hydrogen-bond acceptors (Lipinski definition) is 8. The van der Waals surface area contributed by atoms with E-state index in [2.05, 4.69) is 28.6 Å². The summed E-state index contributed by atoms with van der Waals surface area (Å²) < 4.78 is 0. The van der Waals surface area contributed by atoms with Gasteiger partial charge in [-0.15, -0.1) is 0 Å². The summed E-state index contributed by atoms with van der Waals surface area (Å²) in [5.41, 5.74) is 11.2. The molecule has 0 rings (SSSR count). The van der Waals surface area contributed by atoms with E-state index in [0.29, 0.717) is 25.8 Å². The molecule has 0 aromatic carbocycles. The fraction of sp³-hybridized carbons (Fsp3) is 0.750. The van der Waals surface area contributed by atoms with Crippen molar-refractivity contribution in [1.82, 2.24) is 16.0 Å². The first-order valence-corrected chi connectivity index (χ1v) is 11.5. The molecule has 0 aliphatic heterocycles. The Morgan fingerprint density at radius 2 is 1.52 bits per heavy atom. The molecule has 0 heterocycles. The molecule has 0 aromatic rings. The average molecular weight is 492 g/mol. The van der Waals surface area contributed by atoms with Gasteiger partial charge in [0.25, 0.3) is 0 Å². The van der Waals surface area contributed by atoms with Gasteiger partial charge in [-0.1, -0.05) is 20.3 Å². The van der Waals surface area contributed by atoms with E-state index in [1.165, 1.54) is 0 Å². The van der Waals surface area contributed by atoms with Crippen LogP contribution in [0, 0.1) is 5.92 Å². The van der Waals surface area contributed by atoms with E-state index >= 15 is 0 Å². The third kappa shape index (κ3) is 11.9. The van der Waals surface area contributed by atoms with Crippen molar-refractivity contribution >= 4 is 42.3 Å². The monoisotopic (exact) mass is 491 g/mol. The van der Waals surface area contributed by atoms with Crippen molar-refractivity contribution in [1.29, 1.82) is 0 Å². The zero-order valence-electron chi connectivity index (χ0n) is 19.1. The largest absolute Gasteiger partial charge is 0.481 e. The van der Waals surface area contributed by atoms with E-state index in [0.717, 1.165) is 0 Å². The number of carbonyl (C=O) groups excluding carboxylic acids is 3. The van der Waals surface area contributed by atoms with E-state index in [1.807, 2.05) is 6.92 Å². The number of hydrogen-bond donors (Lipinski definition) is 8. The summed E-state index contributed by atoms with van der Waals surface area (Å²) in [7, 11) is 0. The highest BCUT2D eigenvalue weighted by Crippen LogP contribution is 2.11.